The van der Waals surface area contributed by atoms with Gasteiger partial charge in [-0.2, -0.15) is 0 Å². The molecular weight excluding hydrogens is 356 g/mol. The molecular formula is C22H28N2O2S. The lowest BCUT2D eigenvalue weighted by atomic mass is 9.96. The van der Waals surface area contributed by atoms with Crippen LogP contribution in [-0.2, 0) is 11.3 Å². The second-order valence-electron chi connectivity index (χ2n) is 7.66. The van der Waals surface area contributed by atoms with Crippen molar-refractivity contribution in [3.63, 3.8) is 0 Å². The number of hydrogen-bond donors (Lipinski definition) is 0. The highest BCUT2D eigenvalue weighted by Crippen LogP contribution is 2.23. The molecule has 1 aromatic heterocycles. The first kappa shape index (κ1) is 19.6. The van der Waals surface area contributed by atoms with Crippen LogP contribution in [0.15, 0.2) is 41.8 Å². The van der Waals surface area contributed by atoms with E-state index < -0.39 is 0 Å². The Labute approximate surface area is 165 Å². The third-order valence-corrected chi connectivity index (χ3v) is 6.09. The number of carbonyl (C=O) groups is 2. The first-order valence-electron chi connectivity index (χ1n) is 9.62. The zero-order chi connectivity index (χ0) is 19.4. The van der Waals surface area contributed by atoms with E-state index in [0.29, 0.717) is 19.0 Å². The van der Waals surface area contributed by atoms with Crippen LogP contribution >= 0.6 is 11.3 Å². The number of amides is 2. The molecule has 1 aliphatic heterocycles. The zero-order valence-corrected chi connectivity index (χ0v) is 17.2. The lowest BCUT2D eigenvalue weighted by Crippen LogP contribution is -2.45. The Morgan fingerprint density at radius 1 is 1.22 bits per heavy atom. The monoisotopic (exact) mass is 384 g/mol. The van der Waals surface area contributed by atoms with Gasteiger partial charge in [-0.15, -0.1) is 11.3 Å². The van der Waals surface area contributed by atoms with Crippen molar-refractivity contribution in [3.8, 4) is 0 Å². The van der Waals surface area contributed by atoms with Gasteiger partial charge in [0.15, 0.2) is 0 Å². The molecule has 144 valence electrons. The van der Waals surface area contributed by atoms with Crippen LogP contribution in [0.2, 0.25) is 0 Å². The summed E-state index contributed by atoms with van der Waals surface area (Å²) in [5, 5.41) is 1.91. The molecule has 0 spiro atoms. The van der Waals surface area contributed by atoms with Gasteiger partial charge in [0.05, 0.1) is 10.8 Å². The average Bonchev–Trinajstić information content (AvgIpc) is 3.22. The van der Waals surface area contributed by atoms with Gasteiger partial charge in [0.1, 0.15) is 0 Å². The van der Waals surface area contributed by atoms with Crippen LogP contribution in [-0.4, -0.2) is 41.8 Å². The van der Waals surface area contributed by atoms with Crippen molar-refractivity contribution >= 4 is 23.2 Å². The van der Waals surface area contributed by atoms with Gasteiger partial charge in [-0.05, 0) is 41.3 Å². The lowest BCUT2D eigenvalue weighted by Gasteiger charge is -2.33. The lowest BCUT2D eigenvalue weighted by molar-refractivity contribution is -0.136. The third-order valence-electron chi connectivity index (χ3n) is 5.23. The SMILES string of the molecule is CC(C)c1ccc(CN(C)C(=O)C2CCCN(C(=O)c3cccs3)C2)cc1. The Morgan fingerprint density at radius 2 is 1.96 bits per heavy atom. The molecule has 1 saturated heterocycles. The molecule has 0 radical (unpaired) electrons. The van der Waals surface area contributed by atoms with Crippen molar-refractivity contribution in [1.82, 2.24) is 9.80 Å². The number of carbonyl (C=O) groups excluding carboxylic acids is 2. The summed E-state index contributed by atoms with van der Waals surface area (Å²) in [6.45, 7) is 6.22. The molecule has 2 heterocycles. The minimum atomic E-state index is -0.109. The molecule has 1 aromatic carbocycles. The maximum absolute atomic E-state index is 12.9. The Hall–Kier alpha value is -2.14. The molecule has 0 saturated carbocycles. The van der Waals surface area contributed by atoms with Gasteiger partial charge in [-0.1, -0.05) is 44.2 Å². The maximum atomic E-state index is 12.9. The number of hydrogen-bond acceptors (Lipinski definition) is 3. The maximum Gasteiger partial charge on any atom is 0.263 e. The van der Waals surface area contributed by atoms with Crippen LogP contribution in [0.3, 0.4) is 0 Å². The molecule has 1 atom stereocenters. The van der Waals surface area contributed by atoms with Crippen LogP contribution in [0, 0.1) is 5.92 Å². The molecule has 2 amide bonds. The third kappa shape index (κ3) is 4.78. The number of likely N-dealkylation sites (tertiary alicyclic amines) is 1. The van der Waals surface area contributed by atoms with Gasteiger partial charge in [0, 0.05) is 26.7 Å². The fraction of sp³-hybridized carbons (Fsp3) is 0.455. The first-order valence-corrected chi connectivity index (χ1v) is 10.5. The number of benzene rings is 1. The summed E-state index contributed by atoms with van der Waals surface area (Å²) >= 11 is 1.46. The Kier molecular flexibility index (Phi) is 6.32. The second kappa shape index (κ2) is 8.70. The van der Waals surface area contributed by atoms with Gasteiger partial charge in [-0.3, -0.25) is 9.59 Å². The van der Waals surface area contributed by atoms with E-state index in [1.54, 1.807) is 4.90 Å². The zero-order valence-electron chi connectivity index (χ0n) is 16.4. The van der Waals surface area contributed by atoms with E-state index in [-0.39, 0.29) is 17.7 Å². The van der Waals surface area contributed by atoms with E-state index in [4.69, 9.17) is 0 Å². The van der Waals surface area contributed by atoms with Gasteiger partial charge >= 0.3 is 0 Å². The van der Waals surface area contributed by atoms with Crippen LogP contribution < -0.4 is 0 Å². The fourth-order valence-electron chi connectivity index (χ4n) is 3.59. The predicted octanol–water partition coefficient (Wildman–Crippen LogP) is 4.38. The van der Waals surface area contributed by atoms with E-state index in [0.717, 1.165) is 29.8 Å². The highest BCUT2D eigenvalue weighted by Gasteiger charge is 2.30. The number of rotatable bonds is 5. The fourth-order valence-corrected chi connectivity index (χ4v) is 4.28. The molecule has 1 unspecified atom stereocenters. The van der Waals surface area contributed by atoms with E-state index in [2.05, 4.69) is 38.1 Å². The van der Waals surface area contributed by atoms with Gasteiger partial charge in [0.2, 0.25) is 5.91 Å². The second-order valence-corrected chi connectivity index (χ2v) is 8.61. The van der Waals surface area contributed by atoms with Crippen molar-refractivity contribution in [1.29, 1.82) is 0 Å². The molecule has 0 N–H and O–H groups in total. The standard InChI is InChI=1S/C22H28N2O2S/c1-16(2)18-10-8-17(9-11-18)14-23(3)21(25)19-6-4-12-24(15-19)22(26)20-7-5-13-27-20/h5,7-11,13,16,19H,4,6,12,14-15H2,1-3H3. The van der Waals surface area contributed by atoms with Crippen molar-refractivity contribution < 1.29 is 9.59 Å². The van der Waals surface area contributed by atoms with E-state index in [9.17, 15) is 9.59 Å². The smallest absolute Gasteiger partial charge is 0.263 e. The summed E-state index contributed by atoms with van der Waals surface area (Å²) in [6, 6.07) is 12.2. The first-order chi connectivity index (χ1) is 13.0. The molecule has 2 aromatic rings. The number of nitrogens with zero attached hydrogens (tertiary/aromatic N) is 2. The average molecular weight is 385 g/mol. The van der Waals surface area contributed by atoms with Crippen LogP contribution in [0.1, 0.15) is 53.4 Å². The summed E-state index contributed by atoms with van der Waals surface area (Å²) in [7, 11) is 1.86. The van der Waals surface area contributed by atoms with E-state index in [1.807, 2.05) is 29.5 Å². The van der Waals surface area contributed by atoms with Crippen molar-refractivity contribution in [2.24, 2.45) is 5.92 Å². The molecule has 27 heavy (non-hydrogen) atoms. The number of thiophene rings is 1. The minimum Gasteiger partial charge on any atom is -0.341 e. The van der Waals surface area contributed by atoms with Crippen molar-refractivity contribution in [3.05, 3.63) is 57.8 Å². The molecule has 0 bridgehead atoms. The summed E-state index contributed by atoms with van der Waals surface area (Å²) in [5.41, 5.74) is 2.44. The summed E-state index contributed by atoms with van der Waals surface area (Å²) in [4.78, 5) is 29.9. The molecule has 5 heteroatoms. The number of piperidine rings is 1. The highest BCUT2D eigenvalue weighted by molar-refractivity contribution is 7.12. The molecule has 1 aliphatic rings. The van der Waals surface area contributed by atoms with Gasteiger partial charge < -0.3 is 9.80 Å². The van der Waals surface area contributed by atoms with Crippen LogP contribution in [0.4, 0.5) is 0 Å². The Bertz CT molecular complexity index is 768. The molecule has 4 nitrogen and oxygen atoms in total. The van der Waals surface area contributed by atoms with Crippen LogP contribution in [0.5, 0.6) is 0 Å². The summed E-state index contributed by atoms with van der Waals surface area (Å²) in [6.07, 6.45) is 1.73. The minimum absolute atomic E-state index is 0.0504. The normalized spacial score (nSPS) is 17.2. The van der Waals surface area contributed by atoms with Gasteiger partial charge in [0.25, 0.3) is 5.91 Å². The Balaban J connectivity index is 1.59. The van der Waals surface area contributed by atoms with E-state index in [1.165, 1.54) is 16.9 Å². The van der Waals surface area contributed by atoms with E-state index >= 15 is 0 Å². The Morgan fingerprint density at radius 3 is 2.59 bits per heavy atom. The quantitative estimate of drug-likeness (QED) is 0.767. The van der Waals surface area contributed by atoms with Gasteiger partial charge in [-0.25, -0.2) is 0 Å². The predicted molar refractivity (Wildman–Crippen MR) is 110 cm³/mol. The topological polar surface area (TPSA) is 40.6 Å². The summed E-state index contributed by atoms with van der Waals surface area (Å²) < 4.78 is 0. The van der Waals surface area contributed by atoms with Crippen molar-refractivity contribution in [2.45, 2.75) is 39.2 Å². The molecule has 0 aliphatic carbocycles. The molecule has 3 rings (SSSR count). The largest absolute Gasteiger partial charge is 0.341 e. The highest BCUT2D eigenvalue weighted by atomic mass is 32.1. The van der Waals surface area contributed by atoms with Crippen LogP contribution in [0.25, 0.3) is 0 Å². The summed E-state index contributed by atoms with van der Waals surface area (Å²) in [5.74, 6) is 0.580. The van der Waals surface area contributed by atoms with Crippen molar-refractivity contribution in [2.75, 3.05) is 20.1 Å². The molecule has 1 fully saturated rings.